The summed E-state index contributed by atoms with van der Waals surface area (Å²) < 4.78 is 39.2. The van der Waals surface area contributed by atoms with Crippen molar-refractivity contribution >= 4 is 17.5 Å². The Bertz CT molecular complexity index is 894. The van der Waals surface area contributed by atoms with E-state index in [9.17, 15) is 22.8 Å². The summed E-state index contributed by atoms with van der Waals surface area (Å²) in [6.45, 7) is 3.99. The predicted molar refractivity (Wildman–Crippen MR) is 113 cm³/mol. The summed E-state index contributed by atoms with van der Waals surface area (Å²) in [4.78, 5) is 28.5. The van der Waals surface area contributed by atoms with Crippen LogP contribution in [-0.4, -0.2) is 54.3 Å². The fourth-order valence-electron chi connectivity index (χ4n) is 3.68. The lowest BCUT2D eigenvalue weighted by molar-refractivity contribution is -0.137. The first kappa shape index (κ1) is 22.8. The number of halogens is 3. The SMILES string of the molecule is C[C@H](CC(=O)N1CCN(CC(=O)Nc2ccccc2C(F)(F)F)CC1)c1ccccc1. The number of alkyl halides is 3. The lowest BCUT2D eigenvalue weighted by Gasteiger charge is -2.35. The minimum atomic E-state index is -4.53. The molecular formula is C23H26F3N3O2. The molecule has 0 aliphatic carbocycles. The number of anilines is 1. The monoisotopic (exact) mass is 433 g/mol. The van der Waals surface area contributed by atoms with Gasteiger partial charge in [0.25, 0.3) is 0 Å². The summed E-state index contributed by atoms with van der Waals surface area (Å²) in [6, 6.07) is 14.8. The third kappa shape index (κ3) is 6.30. The summed E-state index contributed by atoms with van der Waals surface area (Å²) in [7, 11) is 0. The van der Waals surface area contributed by atoms with Crippen LogP contribution in [0.5, 0.6) is 0 Å². The van der Waals surface area contributed by atoms with E-state index in [0.29, 0.717) is 32.6 Å². The van der Waals surface area contributed by atoms with Crippen molar-refractivity contribution in [3.63, 3.8) is 0 Å². The fourth-order valence-corrected chi connectivity index (χ4v) is 3.68. The number of benzene rings is 2. The number of hydrogen-bond acceptors (Lipinski definition) is 3. The average molecular weight is 433 g/mol. The van der Waals surface area contributed by atoms with Gasteiger partial charge in [-0.15, -0.1) is 0 Å². The van der Waals surface area contributed by atoms with Gasteiger partial charge in [0.1, 0.15) is 0 Å². The molecule has 1 atom stereocenters. The first-order valence-corrected chi connectivity index (χ1v) is 10.2. The smallest absolute Gasteiger partial charge is 0.340 e. The molecule has 0 unspecified atom stereocenters. The molecule has 166 valence electrons. The van der Waals surface area contributed by atoms with E-state index in [1.54, 1.807) is 4.90 Å². The highest BCUT2D eigenvalue weighted by Gasteiger charge is 2.33. The summed E-state index contributed by atoms with van der Waals surface area (Å²) in [5.41, 5.74) is 0.000287. The Balaban J connectivity index is 1.47. The number of rotatable bonds is 6. The Hall–Kier alpha value is -2.87. The molecule has 1 saturated heterocycles. The van der Waals surface area contributed by atoms with E-state index >= 15 is 0 Å². The zero-order chi connectivity index (χ0) is 22.4. The van der Waals surface area contributed by atoms with Crippen molar-refractivity contribution in [3.05, 3.63) is 65.7 Å². The minimum absolute atomic E-state index is 0.0192. The summed E-state index contributed by atoms with van der Waals surface area (Å²) in [6.07, 6.45) is -4.12. The molecule has 5 nitrogen and oxygen atoms in total. The Morgan fingerprint density at radius 3 is 2.23 bits per heavy atom. The summed E-state index contributed by atoms with van der Waals surface area (Å²) >= 11 is 0. The Labute approximate surface area is 179 Å². The third-order valence-corrected chi connectivity index (χ3v) is 5.45. The van der Waals surface area contributed by atoms with Crippen molar-refractivity contribution in [2.75, 3.05) is 38.0 Å². The normalized spacial score (nSPS) is 16.1. The summed E-state index contributed by atoms with van der Waals surface area (Å²) in [5.74, 6) is -0.319. The van der Waals surface area contributed by atoms with Crippen molar-refractivity contribution < 1.29 is 22.8 Å². The summed E-state index contributed by atoms with van der Waals surface area (Å²) in [5, 5.41) is 2.36. The van der Waals surface area contributed by atoms with Gasteiger partial charge in [-0.25, -0.2) is 0 Å². The van der Waals surface area contributed by atoms with E-state index in [2.05, 4.69) is 5.32 Å². The van der Waals surface area contributed by atoms with Crippen molar-refractivity contribution in [1.29, 1.82) is 0 Å². The van der Waals surface area contributed by atoms with E-state index in [1.165, 1.54) is 18.2 Å². The van der Waals surface area contributed by atoms with Crippen LogP contribution >= 0.6 is 0 Å². The molecule has 2 aromatic rings. The number of hydrogen-bond donors (Lipinski definition) is 1. The molecule has 1 fully saturated rings. The van der Waals surface area contributed by atoms with Gasteiger partial charge in [0.2, 0.25) is 11.8 Å². The van der Waals surface area contributed by atoms with E-state index in [0.717, 1.165) is 11.6 Å². The highest BCUT2D eigenvalue weighted by Crippen LogP contribution is 2.34. The maximum Gasteiger partial charge on any atom is 0.418 e. The largest absolute Gasteiger partial charge is 0.418 e. The van der Waals surface area contributed by atoms with Gasteiger partial charge in [-0.2, -0.15) is 13.2 Å². The average Bonchev–Trinajstić information content (AvgIpc) is 2.74. The molecule has 2 aromatic carbocycles. The van der Waals surface area contributed by atoms with Crippen LogP contribution in [0, 0.1) is 0 Å². The van der Waals surface area contributed by atoms with Crippen LogP contribution in [0.4, 0.5) is 18.9 Å². The van der Waals surface area contributed by atoms with Crippen LogP contribution in [0.2, 0.25) is 0 Å². The topological polar surface area (TPSA) is 52.7 Å². The number of nitrogens with one attached hydrogen (secondary N) is 1. The second kappa shape index (κ2) is 9.96. The number of carbonyl (C=O) groups excluding carboxylic acids is 2. The van der Waals surface area contributed by atoms with Crippen molar-refractivity contribution in [3.8, 4) is 0 Å². The van der Waals surface area contributed by atoms with Gasteiger partial charge in [-0.1, -0.05) is 49.4 Å². The van der Waals surface area contributed by atoms with Crippen LogP contribution in [0.1, 0.15) is 30.4 Å². The van der Waals surface area contributed by atoms with E-state index in [4.69, 9.17) is 0 Å². The molecule has 2 amide bonds. The third-order valence-electron chi connectivity index (χ3n) is 5.45. The number of amides is 2. The first-order chi connectivity index (χ1) is 14.7. The Morgan fingerprint density at radius 2 is 1.58 bits per heavy atom. The minimum Gasteiger partial charge on any atom is -0.340 e. The van der Waals surface area contributed by atoms with E-state index in [-0.39, 0.29) is 24.1 Å². The van der Waals surface area contributed by atoms with Crippen LogP contribution in [0.15, 0.2) is 54.6 Å². The zero-order valence-electron chi connectivity index (χ0n) is 17.4. The number of nitrogens with zero attached hydrogens (tertiary/aromatic N) is 2. The number of para-hydroxylation sites is 1. The van der Waals surface area contributed by atoms with Crippen molar-refractivity contribution in [1.82, 2.24) is 9.80 Å². The maximum absolute atomic E-state index is 13.1. The predicted octanol–water partition coefficient (Wildman–Crippen LogP) is 3.98. The second-order valence-corrected chi connectivity index (χ2v) is 7.76. The molecule has 8 heteroatoms. The quantitative estimate of drug-likeness (QED) is 0.750. The van der Waals surface area contributed by atoms with Crippen LogP contribution in [-0.2, 0) is 15.8 Å². The van der Waals surface area contributed by atoms with Gasteiger partial charge in [-0.05, 0) is 23.6 Å². The molecule has 0 radical (unpaired) electrons. The Kier molecular flexibility index (Phi) is 7.33. The van der Waals surface area contributed by atoms with E-state index < -0.39 is 17.6 Å². The molecular weight excluding hydrogens is 407 g/mol. The molecule has 0 saturated carbocycles. The van der Waals surface area contributed by atoms with Gasteiger partial charge in [0.05, 0.1) is 17.8 Å². The molecule has 1 heterocycles. The first-order valence-electron chi connectivity index (χ1n) is 10.2. The van der Waals surface area contributed by atoms with Gasteiger partial charge in [-0.3, -0.25) is 14.5 Å². The van der Waals surface area contributed by atoms with Crippen LogP contribution < -0.4 is 5.32 Å². The van der Waals surface area contributed by atoms with Gasteiger partial charge in [0.15, 0.2) is 0 Å². The highest BCUT2D eigenvalue weighted by molar-refractivity contribution is 5.93. The van der Waals surface area contributed by atoms with Crippen molar-refractivity contribution in [2.45, 2.75) is 25.4 Å². The van der Waals surface area contributed by atoms with E-state index in [1.807, 2.05) is 42.2 Å². The maximum atomic E-state index is 13.1. The lowest BCUT2D eigenvalue weighted by atomic mass is 9.97. The van der Waals surface area contributed by atoms with Crippen LogP contribution in [0.25, 0.3) is 0 Å². The zero-order valence-corrected chi connectivity index (χ0v) is 17.4. The van der Waals surface area contributed by atoms with Gasteiger partial charge in [0, 0.05) is 32.6 Å². The lowest BCUT2D eigenvalue weighted by Crippen LogP contribution is -2.50. The van der Waals surface area contributed by atoms with Gasteiger partial charge >= 0.3 is 6.18 Å². The molecule has 1 aliphatic rings. The molecule has 1 N–H and O–H groups in total. The second-order valence-electron chi connectivity index (χ2n) is 7.76. The highest BCUT2D eigenvalue weighted by atomic mass is 19.4. The molecule has 1 aliphatic heterocycles. The molecule has 3 rings (SSSR count). The fraction of sp³-hybridized carbons (Fsp3) is 0.391. The Morgan fingerprint density at radius 1 is 0.968 bits per heavy atom. The van der Waals surface area contributed by atoms with Gasteiger partial charge < -0.3 is 10.2 Å². The standard InChI is InChI=1S/C23H26F3N3O2/c1-17(18-7-3-2-4-8-18)15-22(31)29-13-11-28(12-14-29)16-21(30)27-20-10-6-5-9-19(20)23(24,25)26/h2-10,17H,11-16H2,1H3,(H,27,30)/t17-/m1/s1. The van der Waals surface area contributed by atoms with Crippen molar-refractivity contribution in [2.24, 2.45) is 0 Å². The molecule has 0 aromatic heterocycles. The number of piperazine rings is 1. The molecule has 0 spiro atoms. The number of carbonyl (C=O) groups is 2. The molecule has 0 bridgehead atoms. The molecule has 31 heavy (non-hydrogen) atoms. The van der Waals surface area contributed by atoms with Crippen LogP contribution in [0.3, 0.4) is 0 Å².